The number of carbonyl (C=O) groups excluding carboxylic acids is 3. The van der Waals surface area contributed by atoms with E-state index >= 15 is 0 Å². The molecule has 0 amide bonds. The van der Waals surface area contributed by atoms with Gasteiger partial charge in [-0.15, -0.1) is 0 Å². The summed E-state index contributed by atoms with van der Waals surface area (Å²) in [5.41, 5.74) is 0. The zero-order valence-electron chi connectivity index (χ0n) is 39.7. The minimum atomic E-state index is -0.761. The van der Waals surface area contributed by atoms with Crippen LogP contribution in [0.4, 0.5) is 0 Å². The van der Waals surface area contributed by atoms with Gasteiger partial charge in [-0.2, -0.15) is 0 Å². The van der Waals surface area contributed by atoms with Crippen molar-refractivity contribution in [1.82, 2.24) is 0 Å². The van der Waals surface area contributed by atoms with E-state index in [2.05, 4.69) is 34.6 Å². The van der Waals surface area contributed by atoms with E-state index in [4.69, 9.17) is 14.2 Å². The first kappa shape index (κ1) is 56.4. The van der Waals surface area contributed by atoms with E-state index in [1.54, 1.807) is 0 Å². The van der Waals surface area contributed by atoms with E-state index in [9.17, 15) is 14.4 Å². The van der Waals surface area contributed by atoms with Crippen LogP contribution < -0.4 is 0 Å². The average Bonchev–Trinajstić information content (AvgIpc) is 3.19. The molecule has 0 unspecified atom stereocenters. The van der Waals surface area contributed by atoms with E-state index in [1.165, 1.54) is 173 Å². The molecule has 0 aromatic heterocycles. The summed E-state index contributed by atoms with van der Waals surface area (Å²) in [4.78, 5) is 37.8. The van der Waals surface area contributed by atoms with Crippen LogP contribution in [0.25, 0.3) is 0 Å². The predicted molar refractivity (Wildman–Crippen MR) is 247 cm³/mol. The Morgan fingerprint density at radius 1 is 0.328 bits per heavy atom. The smallest absolute Gasteiger partial charge is 0.306 e. The van der Waals surface area contributed by atoms with Crippen LogP contribution in [0.5, 0.6) is 0 Å². The zero-order chi connectivity index (χ0) is 42.6. The van der Waals surface area contributed by atoms with Crippen molar-refractivity contribution in [2.24, 2.45) is 11.8 Å². The fourth-order valence-corrected chi connectivity index (χ4v) is 7.81. The Morgan fingerprint density at radius 3 is 0.845 bits per heavy atom. The highest BCUT2D eigenvalue weighted by molar-refractivity contribution is 5.71. The van der Waals surface area contributed by atoms with Crippen LogP contribution in [0.1, 0.15) is 285 Å². The SMILES string of the molecule is CCCCCCCCCCCCC(=O)OC[C@@H](COC(=O)CCCCCCCCCCC(C)C)OC(=O)CCCCCCCCCCCCCCCCCCC(C)C. The molecule has 6 heteroatoms. The maximum Gasteiger partial charge on any atom is 0.306 e. The summed E-state index contributed by atoms with van der Waals surface area (Å²) in [7, 11) is 0. The molecule has 58 heavy (non-hydrogen) atoms. The van der Waals surface area contributed by atoms with Gasteiger partial charge in [0.15, 0.2) is 6.10 Å². The highest BCUT2D eigenvalue weighted by Gasteiger charge is 2.19. The number of ether oxygens (including phenoxy) is 3. The van der Waals surface area contributed by atoms with Crippen molar-refractivity contribution in [3.05, 3.63) is 0 Å². The Labute approximate surface area is 361 Å². The highest BCUT2D eigenvalue weighted by Crippen LogP contribution is 2.17. The molecule has 0 saturated carbocycles. The van der Waals surface area contributed by atoms with E-state index < -0.39 is 6.10 Å². The summed E-state index contributed by atoms with van der Waals surface area (Å²) in [6.07, 6.45) is 45.2. The normalized spacial score (nSPS) is 12.1. The minimum absolute atomic E-state index is 0.0641. The lowest BCUT2D eigenvalue weighted by molar-refractivity contribution is -0.167. The van der Waals surface area contributed by atoms with Gasteiger partial charge in [0.25, 0.3) is 0 Å². The van der Waals surface area contributed by atoms with Gasteiger partial charge in [-0.25, -0.2) is 0 Å². The number of rotatable bonds is 46. The molecule has 0 fully saturated rings. The third-order valence-electron chi connectivity index (χ3n) is 11.7. The number of hydrogen-bond acceptors (Lipinski definition) is 6. The van der Waals surface area contributed by atoms with Crippen molar-refractivity contribution in [2.75, 3.05) is 13.2 Å². The van der Waals surface area contributed by atoms with Crippen molar-refractivity contribution in [2.45, 2.75) is 291 Å². The zero-order valence-corrected chi connectivity index (χ0v) is 39.7. The number of unbranched alkanes of at least 4 members (excludes halogenated alkanes) is 31. The van der Waals surface area contributed by atoms with Gasteiger partial charge in [-0.3, -0.25) is 14.4 Å². The third kappa shape index (κ3) is 45.5. The molecule has 0 bridgehead atoms. The molecule has 0 N–H and O–H groups in total. The Morgan fingerprint density at radius 2 is 0.569 bits per heavy atom. The molecule has 0 radical (unpaired) electrons. The largest absolute Gasteiger partial charge is 0.462 e. The van der Waals surface area contributed by atoms with Gasteiger partial charge >= 0.3 is 17.9 Å². The van der Waals surface area contributed by atoms with Gasteiger partial charge in [0.1, 0.15) is 13.2 Å². The molecule has 0 aliphatic rings. The lowest BCUT2D eigenvalue weighted by Crippen LogP contribution is -2.30. The Balaban J connectivity index is 4.25. The second kappa shape index (κ2) is 44.9. The topological polar surface area (TPSA) is 78.9 Å². The molecule has 0 aliphatic heterocycles. The first-order chi connectivity index (χ1) is 28.2. The van der Waals surface area contributed by atoms with E-state index in [-0.39, 0.29) is 31.1 Å². The molecule has 0 heterocycles. The predicted octanol–water partition coefficient (Wildman–Crippen LogP) is 16.5. The highest BCUT2D eigenvalue weighted by atomic mass is 16.6. The lowest BCUT2D eigenvalue weighted by Gasteiger charge is -2.18. The maximum atomic E-state index is 12.8. The summed E-state index contributed by atoms with van der Waals surface area (Å²) in [5.74, 6) is 0.797. The lowest BCUT2D eigenvalue weighted by atomic mass is 10.0. The number of hydrogen-bond donors (Lipinski definition) is 0. The standard InChI is InChI=1S/C52H100O6/c1-6-7-8-9-10-11-21-27-32-37-42-50(53)56-45-49(46-57-51(54)43-38-33-28-24-23-26-31-36-41-48(4)5)58-52(55)44-39-34-29-22-19-17-15-13-12-14-16-18-20-25-30-35-40-47(2)3/h47-49H,6-46H2,1-5H3/t49-/m0/s1. The molecule has 0 aromatic carbocycles. The Bertz CT molecular complexity index is 885. The molecule has 0 aromatic rings. The van der Waals surface area contributed by atoms with Gasteiger partial charge in [0, 0.05) is 19.3 Å². The third-order valence-corrected chi connectivity index (χ3v) is 11.7. The number of carbonyl (C=O) groups is 3. The molecule has 6 nitrogen and oxygen atoms in total. The van der Waals surface area contributed by atoms with Crippen LogP contribution in [0.3, 0.4) is 0 Å². The number of esters is 3. The molecular weight excluding hydrogens is 721 g/mol. The van der Waals surface area contributed by atoms with E-state index in [0.29, 0.717) is 19.3 Å². The molecular formula is C52H100O6. The van der Waals surface area contributed by atoms with E-state index in [1.807, 2.05) is 0 Å². The summed E-state index contributed by atoms with van der Waals surface area (Å²) < 4.78 is 16.8. The van der Waals surface area contributed by atoms with Gasteiger partial charge in [-0.05, 0) is 31.1 Å². The Hall–Kier alpha value is -1.59. The maximum absolute atomic E-state index is 12.8. The van der Waals surface area contributed by atoms with Gasteiger partial charge in [-0.1, -0.05) is 247 Å². The molecule has 0 saturated heterocycles. The minimum Gasteiger partial charge on any atom is -0.462 e. The molecule has 0 rings (SSSR count). The van der Waals surface area contributed by atoms with Crippen LogP contribution in [-0.4, -0.2) is 37.2 Å². The van der Waals surface area contributed by atoms with Crippen molar-refractivity contribution in [1.29, 1.82) is 0 Å². The van der Waals surface area contributed by atoms with Crippen molar-refractivity contribution >= 4 is 17.9 Å². The molecule has 1 atom stereocenters. The van der Waals surface area contributed by atoms with Crippen molar-refractivity contribution in [3.8, 4) is 0 Å². The molecule has 0 aliphatic carbocycles. The fourth-order valence-electron chi connectivity index (χ4n) is 7.81. The van der Waals surface area contributed by atoms with Gasteiger partial charge < -0.3 is 14.2 Å². The summed E-state index contributed by atoms with van der Waals surface area (Å²) in [6.45, 7) is 11.3. The fraction of sp³-hybridized carbons (Fsp3) is 0.942. The summed E-state index contributed by atoms with van der Waals surface area (Å²) in [6, 6.07) is 0. The monoisotopic (exact) mass is 821 g/mol. The molecule has 0 spiro atoms. The second-order valence-electron chi connectivity index (χ2n) is 18.8. The van der Waals surface area contributed by atoms with Crippen molar-refractivity contribution < 1.29 is 28.6 Å². The van der Waals surface area contributed by atoms with Crippen LogP contribution in [0.2, 0.25) is 0 Å². The quantitative estimate of drug-likeness (QED) is 0.0346. The summed E-state index contributed by atoms with van der Waals surface area (Å²) in [5, 5.41) is 0. The first-order valence-electron chi connectivity index (χ1n) is 25.7. The summed E-state index contributed by atoms with van der Waals surface area (Å²) >= 11 is 0. The van der Waals surface area contributed by atoms with Crippen LogP contribution in [0.15, 0.2) is 0 Å². The van der Waals surface area contributed by atoms with Crippen molar-refractivity contribution in [3.63, 3.8) is 0 Å². The van der Waals surface area contributed by atoms with Gasteiger partial charge in [0.05, 0.1) is 0 Å². The van der Waals surface area contributed by atoms with Gasteiger partial charge in [0.2, 0.25) is 0 Å². The van der Waals surface area contributed by atoms with E-state index in [0.717, 1.165) is 69.6 Å². The second-order valence-corrected chi connectivity index (χ2v) is 18.8. The van der Waals surface area contributed by atoms with Crippen LogP contribution in [-0.2, 0) is 28.6 Å². The van der Waals surface area contributed by atoms with Crippen LogP contribution >= 0.6 is 0 Å². The molecule has 344 valence electrons. The Kier molecular flexibility index (Phi) is 43.7. The average molecular weight is 821 g/mol. The van der Waals surface area contributed by atoms with Crippen LogP contribution in [0, 0.1) is 11.8 Å². The first-order valence-corrected chi connectivity index (χ1v) is 25.7.